The van der Waals surface area contributed by atoms with Crippen LogP contribution in [0, 0.1) is 23.7 Å². The van der Waals surface area contributed by atoms with Crippen molar-refractivity contribution in [2.24, 2.45) is 23.7 Å². The summed E-state index contributed by atoms with van der Waals surface area (Å²) in [5.41, 5.74) is 0. The van der Waals surface area contributed by atoms with E-state index in [1.54, 1.807) is 0 Å². The van der Waals surface area contributed by atoms with Gasteiger partial charge in [-0.25, -0.2) is 0 Å². The van der Waals surface area contributed by atoms with Gasteiger partial charge in [-0.2, -0.15) is 8.42 Å². The molecule has 3 unspecified atom stereocenters. The molecule has 0 aromatic carbocycles. The molecule has 6 heteroatoms. The molecule has 2 rings (SSSR count). The van der Waals surface area contributed by atoms with Crippen molar-refractivity contribution in [1.82, 2.24) is 0 Å². The zero-order chi connectivity index (χ0) is 12.8. The molecule has 0 aromatic rings. The van der Waals surface area contributed by atoms with E-state index in [2.05, 4.69) is 0 Å². The second-order valence-electron chi connectivity index (χ2n) is 5.11. The summed E-state index contributed by atoms with van der Waals surface area (Å²) < 4.78 is 31.7. The maximum Gasteiger partial charge on any atom is 0.308 e. The van der Waals surface area contributed by atoms with Gasteiger partial charge in [0.05, 0.1) is 25.4 Å². The van der Waals surface area contributed by atoms with Gasteiger partial charge in [-0.3, -0.25) is 8.98 Å². The van der Waals surface area contributed by atoms with Gasteiger partial charge in [-0.1, -0.05) is 6.92 Å². The third-order valence-electron chi connectivity index (χ3n) is 3.93. The van der Waals surface area contributed by atoms with E-state index in [9.17, 15) is 13.2 Å². The highest BCUT2D eigenvalue weighted by molar-refractivity contribution is 7.86. The molecule has 2 aliphatic rings. The molecule has 0 N–H and O–H groups in total. The Kier molecular flexibility index (Phi) is 3.20. The van der Waals surface area contributed by atoms with Crippen LogP contribution in [0.25, 0.3) is 0 Å². The highest BCUT2D eigenvalue weighted by Crippen LogP contribution is 2.61. The minimum atomic E-state index is -3.36. The van der Waals surface area contributed by atoms with E-state index in [0.29, 0.717) is 17.8 Å². The highest BCUT2D eigenvalue weighted by Gasteiger charge is 2.60. The van der Waals surface area contributed by atoms with Crippen molar-refractivity contribution in [1.29, 1.82) is 0 Å². The van der Waals surface area contributed by atoms with E-state index in [1.807, 2.05) is 6.92 Å². The summed E-state index contributed by atoms with van der Waals surface area (Å²) in [7, 11) is -1.97. The Morgan fingerprint density at radius 1 is 1.29 bits per heavy atom. The monoisotopic (exact) mass is 262 g/mol. The smallest absolute Gasteiger partial charge is 0.308 e. The van der Waals surface area contributed by atoms with E-state index in [1.165, 1.54) is 7.11 Å². The molecule has 2 fully saturated rings. The van der Waals surface area contributed by atoms with Gasteiger partial charge in [-0.15, -0.1) is 0 Å². The van der Waals surface area contributed by atoms with Crippen molar-refractivity contribution in [2.75, 3.05) is 13.4 Å². The lowest BCUT2D eigenvalue weighted by Crippen LogP contribution is -2.21. The lowest BCUT2D eigenvalue weighted by atomic mass is 9.98. The molecule has 3 atom stereocenters. The normalized spacial score (nSPS) is 37.4. The SMILES string of the molecule is COC(=O)C(C)C1C2CC(OS(C)(=O)=O)CC21. The molecular formula is C11H18O5S. The van der Waals surface area contributed by atoms with E-state index in [-0.39, 0.29) is 18.0 Å². The molecule has 0 saturated heterocycles. The van der Waals surface area contributed by atoms with Crippen molar-refractivity contribution in [3.8, 4) is 0 Å². The Balaban J connectivity index is 1.85. The van der Waals surface area contributed by atoms with Gasteiger partial charge in [0.2, 0.25) is 0 Å². The predicted molar refractivity (Wildman–Crippen MR) is 60.6 cm³/mol. The summed E-state index contributed by atoms with van der Waals surface area (Å²) in [4.78, 5) is 11.4. The lowest BCUT2D eigenvalue weighted by molar-refractivity contribution is -0.145. The van der Waals surface area contributed by atoms with Crippen molar-refractivity contribution < 1.29 is 22.1 Å². The van der Waals surface area contributed by atoms with Crippen LogP contribution in [0.3, 0.4) is 0 Å². The number of hydrogen-bond acceptors (Lipinski definition) is 5. The number of hydrogen-bond donors (Lipinski definition) is 0. The van der Waals surface area contributed by atoms with Gasteiger partial charge >= 0.3 is 5.97 Å². The summed E-state index contributed by atoms with van der Waals surface area (Å²) in [6, 6.07) is 0. The maximum atomic E-state index is 11.4. The van der Waals surface area contributed by atoms with Crippen LogP contribution in [0.15, 0.2) is 0 Å². The van der Waals surface area contributed by atoms with E-state index in [4.69, 9.17) is 8.92 Å². The Labute approximate surface area is 102 Å². The third-order valence-corrected chi connectivity index (χ3v) is 4.55. The molecule has 0 amide bonds. The first-order valence-electron chi connectivity index (χ1n) is 5.79. The average Bonchev–Trinajstić information content (AvgIpc) is 2.71. The van der Waals surface area contributed by atoms with Crippen LogP contribution in [-0.4, -0.2) is 33.9 Å². The summed E-state index contributed by atoms with van der Waals surface area (Å²) in [6.45, 7) is 1.88. The van der Waals surface area contributed by atoms with Gasteiger partial charge in [0, 0.05) is 0 Å². The molecule has 0 heterocycles. The maximum absolute atomic E-state index is 11.4. The number of carbonyl (C=O) groups excluding carboxylic acids is 1. The molecule has 0 aromatic heterocycles. The summed E-state index contributed by atoms with van der Waals surface area (Å²) in [5.74, 6) is 0.938. The number of rotatable bonds is 4. The quantitative estimate of drug-likeness (QED) is 0.553. The van der Waals surface area contributed by atoms with Gasteiger partial charge in [0.15, 0.2) is 0 Å². The highest BCUT2D eigenvalue weighted by atomic mass is 32.2. The second-order valence-corrected chi connectivity index (χ2v) is 6.71. The minimum Gasteiger partial charge on any atom is -0.469 e. The minimum absolute atomic E-state index is 0.0887. The summed E-state index contributed by atoms with van der Waals surface area (Å²) in [5, 5.41) is 0. The Morgan fingerprint density at radius 2 is 1.82 bits per heavy atom. The molecule has 98 valence electrons. The van der Waals surface area contributed by atoms with Crippen molar-refractivity contribution in [3.63, 3.8) is 0 Å². The summed E-state index contributed by atoms with van der Waals surface area (Å²) in [6.07, 6.45) is 2.36. The number of fused-ring (bicyclic) bond motifs is 1. The largest absolute Gasteiger partial charge is 0.469 e. The topological polar surface area (TPSA) is 69.7 Å². The van der Waals surface area contributed by atoms with Gasteiger partial charge in [0.25, 0.3) is 10.1 Å². The van der Waals surface area contributed by atoms with E-state index >= 15 is 0 Å². The van der Waals surface area contributed by atoms with Gasteiger partial charge < -0.3 is 4.74 Å². The molecule has 0 radical (unpaired) electrons. The van der Waals surface area contributed by atoms with Crippen molar-refractivity contribution in [3.05, 3.63) is 0 Å². The van der Waals surface area contributed by atoms with Crippen LogP contribution in [-0.2, 0) is 23.8 Å². The van der Waals surface area contributed by atoms with Crippen LogP contribution in [0.2, 0.25) is 0 Å². The average molecular weight is 262 g/mol. The molecule has 2 saturated carbocycles. The van der Waals surface area contributed by atoms with Crippen LogP contribution in [0.5, 0.6) is 0 Å². The molecule has 0 aliphatic heterocycles. The number of esters is 1. The first kappa shape index (κ1) is 12.8. The van der Waals surface area contributed by atoms with Gasteiger partial charge in [-0.05, 0) is 30.6 Å². The van der Waals surface area contributed by atoms with Crippen molar-refractivity contribution in [2.45, 2.75) is 25.9 Å². The number of ether oxygens (including phenoxy) is 1. The zero-order valence-electron chi connectivity index (χ0n) is 10.3. The van der Waals surface area contributed by atoms with Crippen LogP contribution >= 0.6 is 0 Å². The van der Waals surface area contributed by atoms with Crippen LogP contribution < -0.4 is 0 Å². The molecule has 0 bridgehead atoms. The van der Waals surface area contributed by atoms with Crippen LogP contribution in [0.4, 0.5) is 0 Å². The Bertz CT molecular complexity index is 404. The fourth-order valence-corrected chi connectivity index (χ4v) is 3.90. The standard InChI is InChI=1S/C11H18O5S/c1-6(11(12)15-2)10-8-4-7(5-9(8)10)16-17(3,13)14/h6-10H,4-5H2,1-3H3. The predicted octanol–water partition coefficient (Wildman–Crippen LogP) is 0.796. The molecule has 5 nitrogen and oxygen atoms in total. The van der Waals surface area contributed by atoms with E-state index < -0.39 is 10.1 Å². The zero-order valence-corrected chi connectivity index (χ0v) is 11.1. The van der Waals surface area contributed by atoms with Gasteiger partial charge in [0.1, 0.15) is 0 Å². The molecule has 17 heavy (non-hydrogen) atoms. The third kappa shape index (κ3) is 2.63. The fourth-order valence-electron chi connectivity index (χ4n) is 3.25. The van der Waals surface area contributed by atoms with Crippen molar-refractivity contribution >= 4 is 16.1 Å². The first-order chi connectivity index (χ1) is 7.83. The van der Waals surface area contributed by atoms with Crippen LogP contribution in [0.1, 0.15) is 19.8 Å². The summed E-state index contributed by atoms with van der Waals surface area (Å²) >= 11 is 0. The molecule has 2 aliphatic carbocycles. The number of methoxy groups -OCH3 is 1. The number of carbonyl (C=O) groups is 1. The lowest BCUT2D eigenvalue weighted by Gasteiger charge is -2.16. The fraction of sp³-hybridized carbons (Fsp3) is 0.909. The molecule has 0 spiro atoms. The Hall–Kier alpha value is -0.620. The Morgan fingerprint density at radius 3 is 2.24 bits per heavy atom. The first-order valence-corrected chi connectivity index (χ1v) is 7.61. The second kappa shape index (κ2) is 4.24. The molecular weight excluding hydrogens is 244 g/mol. The van der Waals surface area contributed by atoms with E-state index in [0.717, 1.165) is 19.1 Å².